The molecule has 1 unspecified atom stereocenters. The summed E-state index contributed by atoms with van der Waals surface area (Å²) in [7, 11) is 0. The number of halogens is 1. The van der Waals surface area contributed by atoms with Crippen molar-refractivity contribution >= 4 is 27.5 Å². The fourth-order valence-corrected chi connectivity index (χ4v) is 2.86. The van der Waals surface area contributed by atoms with E-state index in [0.717, 1.165) is 41.5 Å². The zero-order valence-corrected chi connectivity index (χ0v) is 12.9. The summed E-state index contributed by atoms with van der Waals surface area (Å²) < 4.78 is 1.05. The number of anilines is 1. The van der Waals surface area contributed by atoms with Crippen LogP contribution in [0.3, 0.4) is 0 Å². The summed E-state index contributed by atoms with van der Waals surface area (Å²) >= 11 is 3.47. The second-order valence-corrected chi connectivity index (χ2v) is 5.92. The molecule has 2 rings (SSSR count). The minimum absolute atomic E-state index is 0.0455. The highest BCUT2D eigenvalue weighted by atomic mass is 79.9. The zero-order valence-electron chi connectivity index (χ0n) is 11.3. The first kappa shape index (κ1) is 14.5. The second kappa shape index (κ2) is 7.06. The minimum Gasteiger partial charge on any atom is -0.324 e. The van der Waals surface area contributed by atoms with Crippen LogP contribution in [0.4, 0.5) is 5.69 Å². The van der Waals surface area contributed by atoms with Crippen molar-refractivity contribution in [3.63, 3.8) is 0 Å². The van der Waals surface area contributed by atoms with Crippen LogP contribution in [0.15, 0.2) is 22.7 Å². The maximum atomic E-state index is 12.3. The highest BCUT2D eigenvalue weighted by Crippen LogP contribution is 2.22. The standard InChI is InChI=1S/C15H21BrN2O/c1-2-11-10-12(16)7-8-13(11)18-15(19)14-6-4-3-5-9-17-14/h7-8,10,14,17H,2-6,9H2,1H3,(H,18,19). The lowest BCUT2D eigenvalue weighted by atomic mass is 10.1. The van der Waals surface area contributed by atoms with E-state index in [-0.39, 0.29) is 11.9 Å². The third-order valence-corrected chi connectivity index (χ3v) is 4.08. The Labute approximate surface area is 123 Å². The lowest BCUT2D eigenvalue weighted by molar-refractivity contribution is -0.118. The molecule has 0 saturated carbocycles. The predicted octanol–water partition coefficient (Wildman–Crippen LogP) is 3.48. The first-order chi connectivity index (χ1) is 9.20. The summed E-state index contributed by atoms with van der Waals surface area (Å²) in [5.74, 6) is 0.0962. The van der Waals surface area contributed by atoms with Crippen LogP contribution < -0.4 is 10.6 Å². The summed E-state index contributed by atoms with van der Waals surface area (Å²) in [5.41, 5.74) is 2.10. The quantitative estimate of drug-likeness (QED) is 0.893. The predicted molar refractivity (Wildman–Crippen MR) is 82.4 cm³/mol. The number of hydrogen-bond acceptors (Lipinski definition) is 2. The summed E-state index contributed by atoms with van der Waals surface area (Å²) in [4.78, 5) is 12.3. The van der Waals surface area contributed by atoms with Crippen molar-refractivity contribution < 1.29 is 4.79 Å². The molecule has 1 fully saturated rings. The number of aryl methyl sites for hydroxylation is 1. The van der Waals surface area contributed by atoms with Crippen molar-refractivity contribution in [2.45, 2.75) is 45.1 Å². The Bertz CT molecular complexity index is 440. The Morgan fingerprint density at radius 3 is 3.05 bits per heavy atom. The smallest absolute Gasteiger partial charge is 0.241 e. The molecular formula is C15H21BrN2O. The average Bonchev–Trinajstić information content (AvgIpc) is 2.69. The van der Waals surface area contributed by atoms with Gasteiger partial charge in [0, 0.05) is 10.2 Å². The Hall–Kier alpha value is -0.870. The van der Waals surface area contributed by atoms with Crippen LogP contribution >= 0.6 is 15.9 Å². The van der Waals surface area contributed by atoms with E-state index in [2.05, 4.69) is 39.6 Å². The van der Waals surface area contributed by atoms with Gasteiger partial charge in [-0.2, -0.15) is 0 Å². The summed E-state index contributed by atoms with van der Waals surface area (Å²) in [5, 5.41) is 6.39. The zero-order chi connectivity index (χ0) is 13.7. The van der Waals surface area contributed by atoms with Gasteiger partial charge in [0.1, 0.15) is 0 Å². The van der Waals surface area contributed by atoms with Crippen molar-refractivity contribution in [1.82, 2.24) is 5.32 Å². The summed E-state index contributed by atoms with van der Waals surface area (Å²) in [6, 6.07) is 5.96. The van der Waals surface area contributed by atoms with Crippen LogP contribution in [-0.4, -0.2) is 18.5 Å². The number of amides is 1. The van der Waals surface area contributed by atoms with E-state index in [1.807, 2.05) is 12.1 Å². The number of carbonyl (C=O) groups is 1. The number of carbonyl (C=O) groups excluding carboxylic acids is 1. The molecule has 2 N–H and O–H groups in total. The van der Waals surface area contributed by atoms with E-state index in [1.165, 1.54) is 12.8 Å². The molecule has 1 aromatic carbocycles. The molecular weight excluding hydrogens is 304 g/mol. The van der Waals surface area contributed by atoms with Gasteiger partial charge in [0.2, 0.25) is 5.91 Å². The minimum atomic E-state index is -0.0455. The first-order valence-electron chi connectivity index (χ1n) is 7.03. The third-order valence-electron chi connectivity index (χ3n) is 3.58. The van der Waals surface area contributed by atoms with E-state index in [4.69, 9.17) is 0 Å². The van der Waals surface area contributed by atoms with Gasteiger partial charge in [-0.3, -0.25) is 4.79 Å². The van der Waals surface area contributed by atoms with Crippen molar-refractivity contribution in [3.05, 3.63) is 28.2 Å². The Morgan fingerprint density at radius 1 is 1.42 bits per heavy atom. The molecule has 1 aliphatic heterocycles. The molecule has 19 heavy (non-hydrogen) atoms. The highest BCUT2D eigenvalue weighted by Gasteiger charge is 2.20. The van der Waals surface area contributed by atoms with Crippen molar-refractivity contribution in [3.8, 4) is 0 Å². The van der Waals surface area contributed by atoms with Crippen molar-refractivity contribution in [2.24, 2.45) is 0 Å². The molecule has 1 aromatic rings. The monoisotopic (exact) mass is 324 g/mol. The largest absolute Gasteiger partial charge is 0.324 e. The van der Waals surface area contributed by atoms with Crippen LogP contribution in [0, 0.1) is 0 Å². The van der Waals surface area contributed by atoms with Gasteiger partial charge >= 0.3 is 0 Å². The molecule has 1 heterocycles. The summed E-state index contributed by atoms with van der Waals surface area (Å²) in [6.07, 6.45) is 5.36. The molecule has 1 saturated heterocycles. The van der Waals surface area contributed by atoms with Crippen LogP contribution in [-0.2, 0) is 11.2 Å². The topological polar surface area (TPSA) is 41.1 Å². The van der Waals surface area contributed by atoms with Crippen molar-refractivity contribution in [2.75, 3.05) is 11.9 Å². The van der Waals surface area contributed by atoms with Gasteiger partial charge in [-0.05, 0) is 49.6 Å². The molecule has 1 amide bonds. The van der Waals surface area contributed by atoms with Gasteiger partial charge in [0.25, 0.3) is 0 Å². The molecule has 0 aliphatic carbocycles. The van der Waals surface area contributed by atoms with Gasteiger partial charge in [-0.1, -0.05) is 35.7 Å². The van der Waals surface area contributed by atoms with E-state index in [0.29, 0.717) is 0 Å². The molecule has 0 aromatic heterocycles. The van der Waals surface area contributed by atoms with Crippen LogP contribution in [0.1, 0.15) is 38.2 Å². The fraction of sp³-hybridized carbons (Fsp3) is 0.533. The fourth-order valence-electron chi connectivity index (χ4n) is 2.45. The maximum absolute atomic E-state index is 12.3. The second-order valence-electron chi connectivity index (χ2n) is 5.00. The Morgan fingerprint density at radius 2 is 2.26 bits per heavy atom. The number of rotatable bonds is 3. The van der Waals surface area contributed by atoms with E-state index in [1.54, 1.807) is 0 Å². The van der Waals surface area contributed by atoms with E-state index < -0.39 is 0 Å². The molecule has 1 atom stereocenters. The molecule has 4 heteroatoms. The van der Waals surface area contributed by atoms with Gasteiger partial charge < -0.3 is 10.6 Å². The SMILES string of the molecule is CCc1cc(Br)ccc1NC(=O)C1CCCCCN1. The van der Waals surface area contributed by atoms with Crippen LogP contribution in [0.5, 0.6) is 0 Å². The van der Waals surface area contributed by atoms with Crippen molar-refractivity contribution in [1.29, 1.82) is 0 Å². The lowest BCUT2D eigenvalue weighted by Crippen LogP contribution is -2.40. The van der Waals surface area contributed by atoms with Gasteiger partial charge in [-0.15, -0.1) is 0 Å². The van der Waals surface area contributed by atoms with Gasteiger partial charge in [0.05, 0.1) is 6.04 Å². The van der Waals surface area contributed by atoms with Gasteiger partial charge in [-0.25, -0.2) is 0 Å². The average molecular weight is 325 g/mol. The van der Waals surface area contributed by atoms with Crippen LogP contribution in [0.2, 0.25) is 0 Å². The molecule has 0 radical (unpaired) electrons. The molecule has 3 nitrogen and oxygen atoms in total. The Balaban J connectivity index is 2.05. The molecule has 0 spiro atoms. The molecule has 0 bridgehead atoms. The van der Waals surface area contributed by atoms with E-state index >= 15 is 0 Å². The lowest BCUT2D eigenvalue weighted by Gasteiger charge is -2.17. The third kappa shape index (κ3) is 4.05. The maximum Gasteiger partial charge on any atom is 0.241 e. The molecule has 1 aliphatic rings. The summed E-state index contributed by atoms with van der Waals surface area (Å²) in [6.45, 7) is 3.04. The van der Waals surface area contributed by atoms with Gasteiger partial charge in [0.15, 0.2) is 0 Å². The highest BCUT2D eigenvalue weighted by molar-refractivity contribution is 9.10. The Kier molecular flexibility index (Phi) is 5.40. The normalized spacial score (nSPS) is 19.8. The number of hydrogen-bond donors (Lipinski definition) is 2. The van der Waals surface area contributed by atoms with E-state index in [9.17, 15) is 4.79 Å². The number of benzene rings is 1. The number of nitrogens with one attached hydrogen (secondary N) is 2. The molecule has 104 valence electrons. The van der Waals surface area contributed by atoms with Crippen LogP contribution in [0.25, 0.3) is 0 Å². The first-order valence-corrected chi connectivity index (χ1v) is 7.82.